The zero-order valence-corrected chi connectivity index (χ0v) is 3.67. The van der Waals surface area contributed by atoms with Crippen LogP contribution in [0.4, 0.5) is 0 Å². The van der Waals surface area contributed by atoms with Crippen LogP contribution in [0.2, 0.25) is 0 Å². The van der Waals surface area contributed by atoms with Gasteiger partial charge in [-0.15, -0.1) is 23.3 Å². The van der Waals surface area contributed by atoms with E-state index in [4.69, 9.17) is 4.79 Å². The third-order valence-corrected chi connectivity index (χ3v) is 0. The van der Waals surface area contributed by atoms with Gasteiger partial charge in [-0.05, 0) is 0 Å². The van der Waals surface area contributed by atoms with Gasteiger partial charge in [-0.25, -0.2) is 0 Å². The summed E-state index contributed by atoms with van der Waals surface area (Å²) >= 11 is 6.44. The van der Waals surface area contributed by atoms with E-state index in [2.05, 4.69) is 30.1 Å². The summed E-state index contributed by atoms with van der Waals surface area (Å²) in [4.78, 5) is 7.75. The predicted molar refractivity (Wildman–Crippen MR) is 24.7 cm³/mol. The van der Waals surface area contributed by atoms with Crippen LogP contribution in [-0.4, -0.2) is 6.79 Å². The van der Waals surface area contributed by atoms with Crippen LogP contribution in [0.15, 0.2) is 0 Å². The zero-order valence-electron chi connectivity index (χ0n) is 1.88. The van der Waals surface area contributed by atoms with Gasteiger partial charge in [-0.2, -0.15) is 0 Å². The second kappa shape index (κ2) is 138. The van der Waals surface area contributed by atoms with Crippen molar-refractivity contribution in [2.75, 3.05) is 0 Å². The van der Waals surface area contributed by atoms with Gasteiger partial charge in [0.25, 0.3) is 0 Å². The molecule has 0 atom stereocenters. The number of rotatable bonds is 0. The Labute approximate surface area is 35.6 Å². The first-order valence-electron chi connectivity index (χ1n) is 0.436. The highest BCUT2D eigenvalue weighted by Gasteiger charge is 0.885. The molecule has 0 fully saturated rings. The molecule has 1 radical (unpaired) electrons. The molecule has 0 bridgehead atoms. The van der Waals surface area contributed by atoms with Gasteiger partial charge in [0.1, 0.15) is 0 Å². The molecule has 0 aromatic rings. The SMILES string of the molecule is SS.[CH]=O. The molecule has 0 aliphatic heterocycles. The highest BCUT2D eigenvalue weighted by molar-refractivity contribution is 8.59. The molecule has 0 saturated heterocycles. The smallest absolute Gasteiger partial charge is 0.182 e. The highest BCUT2D eigenvalue weighted by atomic mass is 33.1. The quantitative estimate of drug-likeness (QED) is 0.254. The van der Waals surface area contributed by atoms with Gasteiger partial charge >= 0.3 is 0 Å². The summed E-state index contributed by atoms with van der Waals surface area (Å²) in [7, 11) is 0. The molecule has 1 nitrogen and oxygen atoms in total. The summed E-state index contributed by atoms with van der Waals surface area (Å²) in [6.07, 6.45) is 0. The molecular formula is CH3OS2. The second-order valence-electron chi connectivity index (χ2n) is 0. The number of hydrogen-bond donors (Lipinski definition) is 2. The van der Waals surface area contributed by atoms with Crippen molar-refractivity contribution >= 4 is 30.1 Å². The first-order chi connectivity index (χ1) is 2.00. The summed E-state index contributed by atoms with van der Waals surface area (Å²) in [6.45, 7) is 3.25. The van der Waals surface area contributed by atoms with E-state index in [-0.39, 0.29) is 0 Å². The lowest BCUT2D eigenvalue weighted by atomic mass is 11.9. The van der Waals surface area contributed by atoms with E-state index in [1.807, 2.05) is 0 Å². The predicted octanol–water partition coefficient (Wildman–Crippen LogP) is 0.487. The van der Waals surface area contributed by atoms with Crippen molar-refractivity contribution < 1.29 is 4.79 Å². The van der Waals surface area contributed by atoms with Crippen LogP contribution >= 0.6 is 23.3 Å². The molecule has 0 unspecified atom stereocenters. The Morgan fingerprint density at radius 3 is 1.25 bits per heavy atom. The molecule has 0 spiro atoms. The van der Waals surface area contributed by atoms with Crippen LogP contribution in [0, 0.1) is 0 Å². The maximum Gasteiger partial charge on any atom is 0.182 e. The zero-order chi connectivity index (χ0) is 4.00. The molecular weight excluding hydrogens is 92.1 g/mol. The van der Waals surface area contributed by atoms with E-state index in [0.29, 0.717) is 0 Å². The average molecular weight is 95.2 g/mol. The van der Waals surface area contributed by atoms with E-state index < -0.39 is 0 Å². The largest absolute Gasteiger partial charge is 0.295 e. The first kappa shape index (κ1) is 8.84. The molecule has 0 aromatic heterocycles. The summed E-state index contributed by atoms with van der Waals surface area (Å²) in [5, 5.41) is 0. The lowest BCUT2D eigenvalue weighted by Gasteiger charge is -1.11. The molecule has 25 valence electrons. The number of hydrogen-bond acceptors (Lipinski definition) is 3. The molecule has 0 aliphatic carbocycles. The molecule has 4 heavy (non-hydrogen) atoms. The Hall–Kier alpha value is 0.370. The van der Waals surface area contributed by atoms with E-state index in [9.17, 15) is 0 Å². The van der Waals surface area contributed by atoms with Crippen molar-refractivity contribution in [2.24, 2.45) is 0 Å². The fourth-order valence-corrected chi connectivity index (χ4v) is 0. The van der Waals surface area contributed by atoms with Gasteiger partial charge in [0.2, 0.25) is 0 Å². The van der Waals surface area contributed by atoms with Gasteiger partial charge in [0, 0.05) is 0 Å². The van der Waals surface area contributed by atoms with Crippen LogP contribution in [0.3, 0.4) is 0 Å². The summed E-state index contributed by atoms with van der Waals surface area (Å²) in [6, 6.07) is 0. The van der Waals surface area contributed by atoms with Crippen LogP contribution in [-0.2, 0) is 4.79 Å². The van der Waals surface area contributed by atoms with Gasteiger partial charge < -0.3 is 0 Å². The maximum atomic E-state index is 7.75. The Morgan fingerprint density at radius 1 is 1.25 bits per heavy atom. The van der Waals surface area contributed by atoms with Crippen LogP contribution in [0.5, 0.6) is 0 Å². The maximum absolute atomic E-state index is 7.75. The first-order valence-corrected chi connectivity index (χ1v) is 2.04. The van der Waals surface area contributed by atoms with E-state index in [1.54, 1.807) is 0 Å². The van der Waals surface area contributed by atoms with Crippen molar-refractivity contribution in [1.29, 1.82) is 0 Å². The Morgan fingerprint density at radius 2 is 1.25 bits per heavy atom. The third-order valence-electron chi connectivity index (χ3n) is 0. The summed E-state index contributed by atoms with van der Waals surface area (Å²) in [5.41, 5.74) is 0. The van der Waals surface area contributed by atoms with Gasteiger partial charge in [-0.1, -0.05) is 0 Å². The minimum atomic E-state index is 3.22. The van der Waals surface area contributed by atoms with Crippen molar-refractivity contribution in [3.8, 4) is 0 Å². The molecule has 3 heteroatoms. The minimum Gasteiger partial charge on any atom is -0.295 e. The molecule has 0 rings (SSSR count). The van der Waals surface area contributed by atoms with Crippen LogP contribution in [0.1, 0.15) is 0 Å². The molecule has 0 aromatic carbocycles. The van der Waals surface area contributed by atoms with E-state index in [1.165, 1.54) is 0 Å². The summed E-state index contributed by atoms with van der Waals surface area (Å²) in [5.74, 6) is 0. The van der Waals surface area contributed by atoms with Crippen LogP contribution in [0.25, 0.3) is 0 Å². The second-order valence-corrected chi connectivity index (χ2v) is 0. The molecule has 0 amide bonds. The summed E-state index contributed by atoms with van der Waals surface area (Å²) < 4.78 is 0. The van der Waals surface area contributed by atoms with Crippen molar-refractivity contribution in [1.82, 2.24) is 0 Å². The normalized spacial score (nSPS) is 2.50. The monoisotopic (exact) mass is 95.0 g/mol. The fraction of sp³-hybridized carbons (Fsp3) is 0. The van der Waals surface area contributed by atoms with Gasteiger partial charge in [-0.3, -0.25) is 4.79 Å². The third kappa shape index (κ3) is 32.5. The molecule has 0 heterocycles. The number of thiol groups is 2. The average Bonchev–Trinajstić information content (AvgIpc) is 1.50. The van der Waals surface area contributed by atoms with Crippen molar-refractivity contribution in [3.05, 3.63) is 0 Å². The van der Waals surface area contributed by atoms with Crippen molar-refractivity contribution in [2.45, 2.75) is 0 Å². The van der Waals surface area contributed by atoms with Gasteiger partial charge in [0.15, 0.2) is 6.79 Å². The van der Waals surface area contributed by atoms with E-state index >= 15 is 0 Å². The minimum absolute atomic E-state index is 3.22. The highest BCUT2D eigenvalue weighted by Crippen LogP contribution is 1.65. The number of carbonyl (C=O) groups excluding carboxylic acids is 1. The molecule has 0 saturated carbocycles. The Bertz CT molecular complexity index is 6.00. The van der Waals surface area contributed by atoms with Gasteiger partial charge in [0.05, 0.1) is 0 Å². The van der Waals surface area contributed by atoms with E-state index in [0.717, 1.165) is 0 Å². The lowest BCUT2D eigenvalue weighted by Crippen LogP contribution is -0.910. The Kier molecular flexibility index (Phi) is 305. The topological polar surface area (TPSA) is 17.1 Å². The van der Waals surface area contributed by atoms with Crippen LogP contribution < -0.4 is 0 Å². The standard InChI is InChI=1S/CHO.H2S2/c2*1-2/h1H;1-2H. The molecule has 0 aliphatic rings. The van der Waals surface area contributed by atoms with Crippen molar-refractivity contribution in [3.63, 3.8) is 0 Å². The fourth-order valence-electron chi connectivity index (χ4n) is 0. The lowest BCUT2D eigenvalue weighted by molar-refractivity contribution is 0.574. The Balaban J connectivity index is 0. The molecule has 0 N–H and O–H groups in total.